The number of nitrogens with zero attached hydrogens (tertiary/aromatic N) is 2. The summed E-state index contributed by atoms with van der Waals surface area (Å²) >= 11 is 0. The van der Waals surface area contributed by atoms with Gasteiger partial charge in [-0.2, -0.15) is 4.98 Å². The predicted octanol–water partition coefficient (Wildman–Crippen LogP) is 2.89. The normalized spacial score (nSPS) is 11.4. The van der Waals surface area contributed by atoms with Crippen molar-refractivity contribution < 1.29 is 14.1 Å². The van der Waals surface area contributed by atoms with Crippen LogP contribution in [0.1, 0.15) is 32.2 Å². The molecule has 0 N–H and O–H groups in total. The van der Waals surface area contributed by atoms with Crippen LogP contribution in [0, 0.1) is 6.92 Å². The number of ether oxygens (including phenoxy) is 1. The average molecular weight is 274 g/mol. The van der Waals surface area contributed by atoms with Gasteiger partial charge in [-0.1, -0.05) is 29.4 Å². The number of esters is 1. The summed E-state index contributed by atoms with van der Waals surface area (Å²) in [5, 5.41) is 3.96. The zero-order valence-electron chi connectivity index (χ0n) is 12.1. The number of hydrogen-bond donors (Lipinski definition) is 0. The lowest BCUT2D eigenvalue weighted by Crippen LogP contribution is -2.31. The van der Waals surface area contributed by atoms with Gasteiger partial charge < -0.3 is 9.26 Å². The lowest BCUT2D eigenvalue weighted by molar-refractivity contribution is -0.149. The lowest BCUT2D eigenvalue weighted by atomic mass is 9.93. The molecule has 0 atom stereocenters. The highest BCUT2D eigenvalue weighted by molar-refractivity contribution is 5.80. The zero-order valence-corrected chi connectivity index (χ0v) is 12.1. The van der Waals surface area contributed by atoms with Gasteiger partial charge in [0.15, 0.2) is 0 Å². The maximum Gasteiger partial charge on any atom is 0.321 e. The van der Waals surface area contributed by atoms with E-state index in [9.17, 15) is 4.79 Å². The van der Waals surface area contributed by atoms with Crippen molar-refractivity contribution >= 4 is 5.97 Å². The molecule has 0 unspecified atom stereocenters. The quantitative estimate of drug-likeness (QED) is 0.802. The van der Waals surface area contributed by atoms with Gasteiger partial charge in [-0.05, 0) is 33.3 Å². The van der Waals surface area contributed by atoms with Crippen molar-refractivity contribution in [2.75, 3.05) is 6.61 Å². The molecule has 5 nitrogen and oxygen atoms in total. The largest absolute Gasteiger partial charge is 0.465 e. The number of aryl methyl sites for hydroxylation is 1. The first-order chi connectivity index (χ1) is 9.46. The van der Waals surface area contributed by atoms with Gasteiger partial charge in [0, 0.05) is 5.56 Å². The van der Waals surface area contributed by atoms with Crippen molar-refractivity contribution in [3.63, 3.8) is 0 Å². The zero-order chi connectivity index (χ0) is 14.8. The highest BCUT2D eigenvalue weighted by Crippen LogP contribution is 2.27. The Morgan fingerprint density at radius 3 is 2.70 bits per heavy atom. The van der Waals surface area contributed by atoms with Gasteiger partial charge >= 0.3 is 5.97 Å². The van der Waals surface area contributed by atoms with Crippen LogP contribution in [0.25, 0.3) is 11.4 Å². The highest BCUT2D eigenvalue weighted by atomic mass is 16.5. The maximum absolute atomic E-state index is 11.9. The molecule has 1 aromatic heterocycles. The second kappa shape index (κ2) is 5.45. The molecule has 20 heavy (non-hydrogen) atoms. The van der Waals surface area contributed by atoms with Crippen LogP contribution in [0.5, 0.6) is 0 Å². The second-order valence-corrected chi connectivity index (χ2v) is 5.08. The molecule has 0 bridgehead atoms. The molecule has 0 spiro atoms. The van der Waals surface area contributed by atoms with Crippen molar-refractivity contribution in [2.45, 2.75) is 33.1 Å². The van der Waals surface area contributed by atoms with E-state index in [0.717, 1.165) is 11.1 Å². The summed E-state index contributed by atoms with van der Waals surface area (Å²) < 4.78 is 10.3. The topological polar surface area (TPSA) is 65.2 Å². The Bertz CT molecular complexity index is 617. The molecule has 5 heteroatoms. The summed E-state index contributed by atoms with van der Waals surface area (Å²) in [4.78, 5) is 16.3. The van der Waals surface area contributed by atoms with E-state index < -0.39 is 5.41 Å². The molecule has 0 saturated heterocycles. The van der Waals surface area contributed by atoms with E-state index in [0.29, 0.717) is 12.4 Å². The maximum atomic E-state index is 11.9. The Labute approximate surface area is 118 Å². The first kappa shape index (κ1) is 14.2. The van der Waals surface area contributed by atoms with Crippen LogP contribution in [-0.4, -0.2) is 22.7 Å². The number of hydrogen-bond acceptors (Lipinski definition) is 5. The van der Waals surface area contributed by atoms with E-state index in [1.54, 1.807) is 20.8 Å². The number of rotatable bonds is 4. The van der Waals surface area contributed by atoms with E-state index in [-0.39, 0.29) is 11.9 Å². The number of carbonyl (C=O) groups excluding carboxylic acids is 1. The number of aromatic nitrogens is 2. The summed E-state index contributed by atoms with van der Waals surface area (Å²) in [7, 11) is 0. The molecule has 0 fully saturated rings. The fraction of sp³-hybridized carbons (Fsp3) is 0.400. The molecule has 1 aromatic carbocycles. The van der Waals surface area contributed by atoms with Gasteiger partial charge in [-0.3, -0.25) is 4.79 Å². The van der Waals surface area contributed by atoms with Crippen molar-refractivity contribution in [1.29, 1.82) is 0 Å². The third kappa shape index (κ3) is 2.57. The van der Waals surface area contributed by atoms with Crippen molar-refractivity contribution in [1.82, 2.24) is 10.1 Å². The molecule has 0 amide bonds. The molecule has 2 rings (SSSR count). The standard InChI is InChI=1S/C15H18N2O3/c1-5-19-14(18)15(3,4)13-16-12(17-20-13)11-9-7-6-8-10(11)2/h6-9H,5H2,1-4H3. The third-order valence-corrected chi connectivity index (χ3v) is 3.13. The lowest BCUT2D eigenvalue weighted by Gasteiger charge is -2.16. The first-order valence-electron chi connectivity index (χ1n) is 6.54. The fourth-order valence-electron chi connectivity index (χ4n) is 1.81. The predicted molar refractivity (Wildman–Crippen MR) is 74.1 cm³/mol. The highest BCUT2D eigenvalue weighted by Gasteiger charge is 2.37. The van der Waals surface area contributed by atoms with E-state index in [1.807, 2.05) is 31.2 Å². The monoisotopic (exact) mass is 274 g/mol. The average Bonchev–Trinajstić information content (AvgIpc) is 2.89. The van der Waals surface area contributed by atoms with Crippen LogP contribution in [-0.2, 0) is 14.9 Å². The van der Waals surface area contributed by atoms with E-state index >= 15 is 0 Å². The summed E-state index contributed by atoms with van der Waals surface area (Å²) in [6.45, 7) is 7.48. The molecule has 0 radical (unpaired) electrons. The van der Waals surface area contributed by atoms with Gasteiger partial charge in [0.25, 0.3) is 0 Å². The summed E-state index contributed by atoms with van der Waals surface area (Å²) in [6, 6.07) is 7.75. The van der Waals surface area contributed by atoms with E-state index in [1.165, 1.54) is 0 Å². The van der Waals surface area contributed by atoms with Gasteiger partial charge in [0.05, 0.1) is 6.61 Å². The molecule has 106 valence electrons. The van der Waals surface area contributed by atoms with Crippen molar-refractivity contribution in [3.8, 4) is 11.4 Å². The van der Waals surface area contributed by atoms with Gasteiger partial charge in [0.1, 0.15) is 5.41 Å². The smallest absolute Gasteiger partial charge is 0.321 e. The van der Waals surface area contributed by atoms with Crippen LogP contribution in [0.15, 0.2) is 28.8 Å². The minimum absolute atomic E-state index is 0.259. The fourth-order valence-corrected chi connectivity index (χ4v) is 1.81. The van der Waals surface area contributed by atoms with Crippen LogP contribution >= 0.6 is 0 Å². The Hall–Kier alpha value is -2.17. The van der Waals surface area contributed by atoms with Crippen LogP contribution in [0.4, 0.5) is 0 Å². The molecule has 2 aromatic rings. The third-order valence-electron chi connectivity index (χ3n) is 3.13. The Morgan fingerprint density at radius 1 is 1.35 bits per heavy atom. The van der Waals surface area contributed by atoms with Crippen LogP contribution in [0.3, 0.4) is 0 Å². The Kier molecular flexibility index (Phi) is 3.88. The molecule has 0 aliphatic rings. The molecule has 0 saturated carbocycles. The summed E-state index contributed by atoms with van der Waals surface area (Å²) in [5.74, 6) is 0.365. The Morgan fingerprint density at radius 2 is 2.05 bits per heavy atom. The van der Waals surface area contributed by atoms with Crippen LogP contribution < -0.4 is 0 Å². The van der Waals surface area contributed by atoms with Crippen molar-refractivity contribution in [3.05, 3.63) is 35.7 Å². The summed E-state index contributed by atoms with van der Waals surface area (Å²) in [6.07, 6.45) is 0. The minimum atomic E-state index is -0.954. The molecular formula is C15H18N2O3. The van der Waals surface area contributed by atoms with Gasteiger partial charge in [0.2, 0.25) is 11.7 Å². The van der Waals surface area contributed by atoms with Gasteiger partial charge in [-0.25, -0.2) is 0 Å². The van der Waals surface area contributed by atoms with E-state index in [2.05, 4.69) is 10.1 Å². The number of benzene rings is 1. The number of carbonyl (C=O) groups is 1. The molecule has 1 heterocycles. The molecule has 0 aliphatic heterocycles. The van der Waals surface area contributed by atoms with Crippen molar-refractivity contribution in [2.24, 2.45) is 0 Å². The van der Waals surface area contributed by atoms with E-state index in [4.69, 9.17) is 9.26 Å². The van der Waals surface area contributed by atoms with Gasteiger partial charge in [-0.15, -0.1) is 0 Å². The minimum Gasteiger partial charge on any atom is -0.465 e. The second-order valence-electron chi connectivity index (χ2n) is 5.08. The Balaban J connectivity index is 2.34. The SMILES string of the molecule is CCOC(=O)C(C)(C)c1nc(-c2ccccc2C)no1. The molecular weight excluding hydrogens is 256 g/mol. The molecule has 0 aliphatic carbocycles. The summed E-state index contributed by atoms with van der Waals surface area (Å²) in [5.41, 5.74) is 0.986. The first-order valence-corrected chi connectivity index (χ1v) is 6.54. The van der Waals surface area contributed by atoms with Crippen LogP contribution in [0.2, 0.25) is 0 Å².